The van der Waals surface area contributed by atoms with Crippen molar-refractivity contribution in [3.63, 3.8) is 0 Å². The normalized spacial score (nSPS) is 10.2. The topological polar surface area (TPSA) is 97.4 Å². The summed E-state index contributed by atoms with van der Waals surface area (Å²) < 4.78 is 26.8. The van der Waals surface area contributed by atoms with E-state index in [1.54, 1.807) is 72.8 Å². The molecule has 8 heteroatoms. The lowest BCUT2D eigenvalue weighted by molar-refractivity contribution is -0.137. The molecule has 3 aromatic carbocycles. The second kappa shape index (κ2) is 14.8. The van der Waals surface area contributed by atoms with Gasteiger partial charge in [-0.15, -0.1) is 0 Å². The number of rotatable bonds is 14. The van der Waals surface area contributed by atoms with E-state index in [9.17, 15) is 14.4 Å². The van der Waals surface area contributed by atoms with Gasteiger partial charge in [0.2, 0.25) is 0 Å². The van der Waals surface area contributed by atoms with E-state index < -0.39 is 17.9 Å². The van der Waals surface area contributed by atoms with Crippen LogP contribution in [-0.4, -0.2) is 37.7 Å². The van der Waals surface area contributed by atoms with E-state index in [0.717, 1.165) is 18.9 Å². The van der Waals surface area contributed by atoms with Crippen LogP contribution in [0.25, 0.3) is 0 Å². The van der Waals surface area contributed by atoms with Gasteiger partial charge in [0, 0.05) is 12.5 Å². The average Bonchev–Trinajstić information content (AvgIpc) is 2.94. The van der Waals surface area contributed by atoms with E-state index in [1.165, 1.54) is 0 Å². The van der Waals surface area contributed by atoms with Crippen molar-refractivity contribution in [2.45, 2.75) is 26.2 Å². The van der Waals surface area contributed by atoms with Crippen LogP contribution in [0.15, 0.2) is 85.5 Å². The van der Waals surface area contributed by atoms with Crippen LogP contribution in [-0.2, 0) is 9.53 Å². The third-order valence-corrected chi connectivity index (χ3v) is 5.16. The molecule has 0 aromatic heterocycles. The number of hydrogen-bond acceptors (Lipinski definition) is 8. The Morgan fingerprint density at radius 1 is 0.632 bits per heavy atom. The smallest absolute Gasteiger partial charge is 0.343 e. The van der Waals surface area contributed by atoms with E-state index in [1.807, 2.05) is 0 Å². The van der Waals surface area contributed by atoms with Gasteiger partial charge < -0.3 is 23.7 Å². The summed E-state index contributed by atoms with van der Waals surface area (Å²) in [5.41, 5.74) is 0.738. The molecule has 0 heterocycles. The van der Waals surface area contributed by atoms with Crippen molar-refractivity contribution in [1.82, 2.24) is 0 Å². The molecule has 3 aromatic rings. The Morgan fingerprint density at radius 3 is 1.47 bits per heavy atom. The molecule has 0 aliphatic rings. The highest BCUT2D eigenvalue weighted by Crippen LogP contribution is 2.21. The van der Waals surface area contributed by atoms with Gasteiger partial charge in [-0.05, 0) is 79.2 Å². The number of carbonyl (C=O) groups is 3. The number of carbonyl (C=O) groups excluding carboxylic acids is 3. The SMILES string of the molecule is C=CC(=O)OCCCOc1ccc(C(=O)Oc2ccc(OC(=O)c3ccc(OCCCC)cc3)cc2)cc1. The lowest BCUT2D eigenvalue weighted by atomic mass is 10.2. The van der Waals surface area contributed by atoms with Crippen LogP contribution in [0.2, 0.25) is 0 Å². The molecule has 0 aliphatic heterocycles. The molecule has 3 rings (SSSR count). The highest BCUT2D eigenvalue weighted by molar-refractivity contribution is 5.92. The quantitative estimate of drug-likeness (QED) is 0.114. The van der Waals surface area contributed by atoms with Crippen LogP contribution in [0.4, 0.5) is 0 Å². The summed E-state index contributed by atoms with van der Waals surface area (Å²) in [4.78, 5) is 35.9. The largest absolute Gasteiger partial charge is 0.494 e. The zero-order chi connectivity index (χ0) is 27.2. The van der Waals surface area contributed by atoms with Crippen LogP contribution in [0.1, 0.15) is 46.9 Å². The molecule has 0 saturated heterocycles. The minimum atomic E-state index is -0.543. The first kappa shape index (κ1) is 28.0. The van der Waals surface area contributed by atoms with Crippen molar-refractivity contribution in [2.24, 2.45) is 0 Å². The molecule has 0 N–H and O–H groups in total. The molecule has 0 spiro atoms. The number of unbranched alkanes of at least 4 members (excludes halogenated alkanes) is 1. The van der Waals surface area contributed by atoms with E-state index in [0.29, 0.717) is 53.8 Å². The minimum absolute atomic E-state index is 0.231. The van der Waals surface area contributed by atoms with Gasteiger partial charge in [-0.2, -0.15) is 0 Å². The van der Waals surface area contributed by atoms with Gasteiger partial charge in [-0.3, -0.25) is 0 Å². The summed E-state index contributed by atoms with van der Waals surface area (Å²) in [6, 6.07) is 19.4. The predicted octanol–water partition coefficient (Wildman–Crippen LogP) is 5.80. The molecule has 0 amide bonds. The molecular formula is C30H30O8. The highest BCUT2D eigenvalue weighted by atomic mass is 16.5. The van der Waals surface area contributed by atoms with Gasteiger partial charge in [-0.1, -0.05) is 19.9 Å². The van der Waals surface area contributed by atoms with Crippen molar-refractivity contribution in [3.05, 3.63) is 96.6 Å². The molecule has 0 aliphatic carbocycles. The first-order valence-corrected chi connectivity index (χ1v) is 12.3. The number of hydrogen-bond donors (Lipinski definition) is 0. The molecule has 198 valence electrons. The van der Waals surface area contributed by atoms with Crippen molar-refractivity contribution in [1.29, 1.82) is 0 Å². The summed E-state index contributed by atoms with van der Waals surface area (Å²) in [5.74, 6) is 0.372. The Morgan fingerprint density at radius 2 is 1.05 bits per heavy atom. The number of benzene rings is 3. The lowest BCUT2D eigenvalue weighted by Crippen LogP contribution is -2.10. The van der Waals surface area contributed by atoms with E-state index in [2.05, 4.69) is 13.5 Å². The Balaban J connectivity index is 1.44. The van der Waals surface area contributed by atoms with Crippen molar-refractivity contribution >= 4 is 17.9 Å². The van der Waals surface area contributed by atoms with Gasteiger partial charge >= 0.3 is 17.9 Å². The Bertz CT molecular complexity index is 1200. The summed E-state index contributed by atoms with van der Waals surface area (Å²) >= 11 is 0. The second-order valence-corrected chi connectivity index (χ2v) is 8.07. The summed E-state index contributed by atoms with van der Waals surface area (Å²) in [6.45, 7) is 6.63. The number of ether oxygens (including phenoxy) is 5. The fraction of sp³-hybridized carbons (Fsp3) is 0.233. The first-order chi connectivity index (χ1) is 18.5. The van der Waals surface area contributed by atoms with Gasteiger partial charge in [0.15, 0.2) is 0 Å². The standard InChI is InChI=1S/C30H30O8/c1-3-5-19-34-24-11-7-22(8-12-24)29(32)37-26-15-17-27(18-16-26)38-30(33)23-9-13-25(14-10-23)35-20-6-21-36-28(31)4-2/h4,7-18H,2-3,5-6,19-21H2,1H3. The lowest BCUT2D eigenvalue weighted by Gasteiger charge is -2.09. The Labute approximate surface area is 221 Å². The van der Waals surface area contributed by atoms with E-state index in [4.69, 9.17) is 23.7 Å². The molecule has 0 unspecified atom stereocenters. The van der Waals surface area contributed by atoms with Crippen LogP contribution < -0.4 is 18.9 Å². The van der Waals surface area contributed by atoms with E-state index >= 15 is 0 Å². The average molecular weight is 519 g/mol. The minimum Gasteiger partial charge on any atom is -0.494 e. The maximum absolute atomic E-state index is 12.5. The third-order valence-electron chi connectivity index (χ3n) is 5.16. The second-order valence-electron chi connectivity index (χ2n) is 8.07. The molecule has 0 radical (unpaired) electrons. The van der Waals surface area contributed by atoms with Crippen LogP contribution in [0.5, 0.6) is 23.0 Å². The van der Waals surface area contributed by atoms with Crippen LogP contribution in [0.3, 0.4) is 0 Å². The molecule has 0 fully saturated rings. The van der Waals surface area contributed by atoms with Crippen molar-refractivity contribution < 1.29 is 38.1 Å². The molecule has 8 nitrogen and oxygen atoms in total. The molecule has 0 bridgehead atoms. The first-order valence-electron chi connectivity index (χ1n) is 12.3. The monoisotopic (exact) mass is 518 g/mol. The fourth-order valence-corrected chi connectivity index (χ4v) is 3.10. The summed E-state index contributed by atoms with van der Waals surface area (Å²) in [5, 5.41) is 0. The van der Waals surface area contributed by atoms with Crippen LogP contribution in [0, 0.1) is 0 Å². The maximum Gasteiger partial charge on any atom is 0.343 e. The van der Waals surface area contributed by atoms with Gasteiger partial charge in [-0.25, -0.2) is 14.4 Å². The zero-order valence-corrected chi connectivity index (χ0v) is 21.2. The molecule has 0 saturated carbocycles. The van der Waals surface area contributed by atoms with Gasteiger partial charge in [0.1, 0.15) is 23.0 Å². The molecular weight excluding hydrogens is 488 g/mol. The molecule has 0 atom stereocenters. The van der Waals surface area contributed by atoms with Gasteiger partial charge in [0.05, 0.1) is 30.9 Å². The Kier molecular flexibility index (Phi) is 10.9. The zero-order valence-electron chi connectivity index (χ0n) is 21.2. The summed E-state index contributed by atoms with van der Waals surface area (Å²) in [7, 11) is 0. The fourth-order valence-electron chi connectivity index (χ4n) is 3.10. The maximum atomic E-state index is 12.5. The van der Waals surface area contributed by atoms with Gasteiger partial charge in [0.25, 0.3) is 0 Å². The highest BCUT2D eigenvalue weighted by Gasteiger charge is 2.12. The predicted molar refractivity (Wildman–Crippen MR) is 141 cm³/mol. The van der Waals surface area contributed by atoms with E-state index in [-0.39, 0.29) is 6.61 Å². The number of esters is 3. The van der Waals surface area contributed by atoms with Crippen molar-refractivity contribution in [2.75, 3.05) is 19.8 Å². The molecule has 38 heavy (non-hydrogen) atoms. The summed E-state index contributed by atoms with van der Waals surface area (Å²) in [6.07, 6.45) is 3.64. The van der Waals surface area contributed by atoms with Crippen molar-refractivity contribution in [3.8, 4) is 23.0 Å². The third kappa shape index (κ3) is 9.13. The Hall–Kier alpha value is -4.59. The van der Waals surface area contributed by atoms with Crippen LogP contribution >= 0.6 is 0 Å².